The van der Waals surface area contributed by atoms with Crippen LogP contribution in [0.25, 0.3) is 0 Å². The molecule has 4 atom stereocenters. The van der Waals surface area contributed by atoms with Crippen LogP contribution in [0, 0.1) is 5.92 Å². The minimum Gasteiger partial charge on any atom is -0.383 e. The standard InChI is InChI=1S/C22H33N3O5/c1-14(2)10-17(19(26)22(3)13-30-22)24-21(28)18(11-15-8-6-5-7-9-15)25-20(27)16(23)12-29-4/h5-9,14,16-18H,10-13,23H2,1-4H3,(H,24,28)(H,25,27)/t16-,17-,18-,22+/m0/s1. The molecule has 0 spiro atoms. The molecule has 0 unspecified atom stereocenters. The number of epoxide rings is 1. The minimum atomic E-state index is -0.895. The van der Waals surface area contributed by atoms with Crippen LogP contribution in [-0.4, -0.2) is 61.6 Å². The Kier molecular flexibility index (Phi) is 8.52. The molecule has 8 nitrogen and oxygen atoms in total. The van der Waals surface area contributed by atoms with Gasteiger partial charge in [-0.25, -0.2) is 0 Å². The van der Waals surface area contributed by atoms with Gasteiger partial charge in [-0.3, -0.25) is 14.4 Å². The van der Waals surface area contributed by atoms with E-state index >= 15 is 0 Å². The Balaban J connectivity index is 2.16. The van der Waals surface area contributed by atoms with E-state index in [-0.39, 0.29) is 24.7 Å². The van der Waals surface area contributed by atoms with Crippen LogP contribution in [0.2, 0.25) is 0 Å². The summed E-state index contributed by atoms with van der Waals surface area (Å²) in [5.74, 6) is -0.874. The molecular weight excluding hydrogens is 386 g/mol. The number of hydrogen-bond acceptors (Lipinski definition) is 6. The number of ketones is 1. The van der Waals surface area contributed by atoms with E-state index in [0.29, 0.717) is 13.0 Å². The van der Waals surface area contributed by atoms with Crippen molar-refractivity contribution in [2.45, 2.75) is 57.3 Å². The van der Waals surface area contributed by atoms with Crippen LogP contribution in [0.4, 0.5) is 0 Å². The van der Waals surface area contributed by atoms with Crippen LogP contribution in [0.3, 0.4) is 0 Å². The Morgan fingerprint density at radius 1 is 1.13 bits per heavy atom. The Labute approximate surface area is 177 Å². The molecule has 1 aromatic carbocycles. The first-order chi connectivity index (χ1) is 14.2. The summed E-state index contributed by atoms with van der Waals surface area (Å²) >= 11 is 0. The number of ether oxygens (including phenoxy) is 2. The number of carbonyl (C=O) groups excluding carboxylic acids is 3. The minimum absolute atomic E-state index is 0.0374. The van der Waals surface area contributed by atoms with E-state index in [4.69, 9.17) is 15.2 Å². The van der Waals surface area contributed by atoms with E-state index in [9.17, 15) is 14.4 Å². The summed E-state index contributed by atoms with van der Waals surface area (Å²) in [4.78, 5) is 38.4. The van der Waals surface area contributed by atoms with Crippen LogP contribution >= 0.6 is 0 Å². The molecule has 1 heterocycles. The van der Waals surface area contributed by atoms with Gasteiger partial charge in [0.1, 0.15) is 17.7 Å². The molecular formula is C22H33N3O5. The van der Waals surface area contributed by atoms with Crippen LogP contribution in [0.5, 0.6) is 0 Å². The summed E-state index contributed by atoms with van der Waals surface area (Å²) < 4.78 is 10.2. The highest BCUT2D eigenvalue weighted by molar-refractivity contribution is 5.98. The van der Waals surface area contributed by atoms with E-state index in [0.717, 1.165) is 5.56 Å². The summed E-state index contributed by atoms with van der Waals surface area (Å²) in [6.45, 7) is 6.08. The Morgan fingerprint density at radius 3 is 2.27 bits per heavy atom. The molecule has 0 aromatic heterocycles. The zero-order valence-corrected chi connectivity index (χ0v) is 18.1. The molecule has 2 amide bonds. The highest BCUT2D eigenvalue weighted by Crippen LogP contribution is 2.29. The summed E-state index contributed by atoms with van der Waals surface area (Å²) in [7, 11) is 1.45. The molecule has 1 aliphatic heterocycles. The van der Waals surface area contributed by atoms with Gasteiger partial charge in [-0.2, -0.15) is 0 Å². The summed E-state index contributed by atoms with van der Waals surface area (Å²) in [6.07, 6.45) is 0.757. The molecule has 166 valence electrons. The lowest BCUT2D eigenvalue weighted by Crippen LogP contribution is -2.57. The number of nitrogens with two attached hydrogens (primary N) is 1. The highest BCUT2D eigenvalue weighted by Gasteiger charge is 2.50. The second-order valence-electron chi connectivity index (χ2n) is 8.39. The maximum atomic E-state index is 13.1. The van der Waals surface area contributed by atoms with Crippen molar-refractivity contribution >= 4 is 17.6 Å². The van der Waals surface area contributed by atoms with Crippen LogP contribution in [0.1, 0.15) is 32.8 Å². The number of nitrogens with one attached hydrogen (secondary N) is 2. The van der Waals surface area contributed by atoms with Crippen molar-refractivity contribution in [3.8, 4) is 0 Å². The number of amides is 2. The molecule has 2 rings (SSSR count). The van der Waals surface area contributed by atoms with Crippen LogP contribution in [0.15, 0.2) is 30.3 Å². The summed E-state index contributed by atoms with van der Waals surface area (Å²) in [6, 6.07) is 6.88. The third kappa shape index (κ3) is 6.90. The summed E-state index contributed by atoms with van der Waals surface area (Å²) in [5.41, 5.74) is 5.85. The van der Waals surface area contributed by atoms with Gasteiger partial charge < -0.3 is 25.8 Å². The number of benzene rings is 1. The number of rotatable bonds is 12. The zero-order valence-electron chi connectivity index (χ0n) is 18.1. The Hall–Kier alpha value is -2.29. The first kappa shape index (κ1) is 24.0. The molecule has 4 N–H and O–H groups in total. The monoisotopic (exact) mass is 419 g/mol. The lowest BCUT2D eigenvalue weighted by atomic mass is 9.93. The second-order valence-corrected chi connectivity index (χ2v) is 8.39. The first-order valence-electron chi connectivity index (χ1n) is 10.2. The predicted octanol–water partition coefficient (Wildman–Crippen LogP) is 0.577. The maximum Gasteiger partial charge on any atom is 0.243 e. The van der Waals surface area contributed by atoms with Gasteiger partial charge in [0.25, 0.3) is 0 Å². The van der Waals surface area contributed by atoms with E-state index < -0.39 is 35.5 Å². The van der Waals surface area contributed by atoms with E-state index in [1.54, 1.807) is 6.92 Å². The van der Waals surface area contributed by atoms with Crippen molar-refractivity contribution in [1.82, 2.24) is 10.6 Å². The molecule has 0 aliphatic carbocycles. The van der Waals surface area contributed by atoms with Crippen LogP contribution < -0.4 is 16.4 Å². The quantitative estimate of drug-likeness (QED) is 0.426. The van der Waals surface area contributed by atoms with Gasteiger partial charge in [-0.15, -0.1) is 0 Å². The van der Waals surface area contributed by atoms with Gasteiger partial charge in [0.15, 0.2) is 5.78 Å². The predicted molar refractivity (Wildman–Crippen MR) is 113 cm³/mol. The SMILES string of the molecule is COC[C@H](N)C(=O)N[C@@H](Cc1ccccc1)C(=O)N[C@@H](CC(C)C)C(=O)[C@@]1(C)CO1. The van der Waals surface area contributed by atoms with Crippen LogP contribution in [-0.2, 0) is 30.3 Å². The fourth-order valence-electron chi connectivity index (χ4n) is 3.19. The molecule has 30 heavy (non-hydrogen) atoms. The molecule has 1 aromatic rings. The summed E-state index contributed by atoms with van der Waals surface area (Å²) in [5, 5.41) is 5.54. The molecule has 0 radical (unpaired) electrons. The molecule has 1 aliphatic rings. The van der Waals surface area contributed by atoms with Gasteiger partial charge in [0, 0.05) is 13.5 Å². The Morgan fingerprint density at radius 2 is 1.73 bits per heavy atom. The van der Waals surface area contributed by atoms with Gasteiger partial charge in [0.05, 0.1) is 19.3 Å². The number of methoxy groups -OCH3 is 1. The van der Waals surface area contributed by atoms with Gasteiger partial charge in [-0.05, 0) is 24.8 Å². The lowest BCUT2D eigenvalue weighted by molar-refractivity contribution is -0.133. The van der Waals surface area contributed by atoms with E-state index in [2.05, 4.69) is 10.6 Å². The fourth-order valence-corrected chi connectivity index (χ4v) is 3.19. The number of carbonyl (C=O) groups is 3. The second kappa shape index (κ2) is 10.7. The van der Waals surface area contributed by atoms with Gasteiger partial charge >= 0.3 is 0 Å². The number of hydrogen-bond donors (Lipinski definition) is 3. The third-order valence-electron chi connectivity index (χ3n) is 5.04. The first-order valence-corrected chi connectivity index (χ1v) is 10.2. The molecule has 1 saturated heterocycles. The van der Waals surface area contributed by atoms with Gasteiger partial charge in [0.2, 0.25) is 11.8 Å². The van der Waals surface area contributed by atoms with Crippen molar-refractivity contribution < 1.29 is 23.9 Å². The van der Waals surface area contributed by atoms with Crippen molar-refractivity contribution in [3.05, 3.63) is 35.9 Å². The largest absolute Gasteiger partial charge is 0.383 e. The zero-order chi connectivity index (χ0) is 22.3. The maximum absolute atomic E-state index is 13.1. The van der Waals surface area contributed by atoms with E-state index in [1.165, 1.54) is 7.11 Å². The number of Topliss-reactive ketones (excluding diaryl/α,β-unsaturated/α-hetero) is 1. The lowest BCUT2D eigenvalue weighted by Gasteiger charge is -2.25. The van der Waals surface area contributed by atoms with E-state index in [1.807, 2.05) is 44.2 Å². The Bertz CT molecular complexity index is 734. The average Bonchev–Trinajstić information content (AvgIpc) is 3.45. The normalized spacial score (nSPS) is 20.9. The molecule has 0 bridgehead atoms. The third-order valence-corrected chi connectivity index (χ3v) is 5.04. The molecule has 8 heteroatoms. The van der Waals surface area contributed by atoms with Crippen molar-refractivity contribution in [2.75, 3.05) is 20.3 Å². The van der Waals surface area contributed by atoms with Crippen molar-refractivity contribution in [1.29, 1.82) is 0 Å². The highest BCUT2D eigenvalue weighted by atomic mass is 16.6. The fraction of sp³-hybridized carbons (Fsp3) is 0.591. The van der Waals surface area contributed by atoms with Crippen molar-refractivity contribution in [3.63, 3.8) is 0 Å². The average molecular weight is 420 g/mol. The smallest absolute Gasteiger partial charge is 0.243 e. The van der Waals surface area contributed by atoms with Gasteiger partial charge in [-0.1, -0.05) is 44.2 Å². The molecule has 1 fully saturated rings. The van der Waals surface area contributed by atoms with Crippen molar-refractivity contribution in [2.24, 2.45) is 11.7 Å². The topological polar surface area (TPSA) is 123 Å². The molecule has 0 saturated carbocycles.